The van der Waals surface area contributed by atoms with Crippen LogP contribution in [0, 0.1) is 35.5 Å². The number of rotatable bonds is 9. The van der Waals surface area contributed by atoms with Gasteiger partial charge in [-0.1, -0.05) is 71.0 Å². The van der Waals surface area contributed by atoms with Crippen molar-refractivity contribution in [2.75, 3.05) is 20.6 Å². The fourth-order valence-corrected chi connectivity index (χ4v) is 9.50. The first-order chi connectivity index (χ1) is 28.3. The van der Waals surface area contributed by atoms with Gasteiger partial charge in [0.15, 0.2) is 17.9 Å². The molecule has 328 valence electrons. The maximum atomic E-state index is 14.5. The van der Waals surface area contributed by atoms with Crippen molar-refractivity contribution in [1.82, 2.24) is 20.2 Å². The van der Waals surface area contributed by atoms with Crippen LogP contribution in [0.15, 0.2) is 48.8 Å². The minimum Gasteiger partial charge on any atom is -0.458 e. The lowest BCUT2D eigenvalue weighted by Gasteiger charge is -2.47. The molecule has 3 aliphatic rings. The molecule has 1 amide bonds. The van der Waals surface area contributed by atoms with E-state index in [2.05, 4.69) is 20.2 Å². The maximum absolute atomic E-state index is 14.5. The normalized spacial score (nSPS) is 35.7. The first kappa shape index (κ1) is 46.5. The third kappa shape index (κ3) is 10.3. The molecule has 13 atom stereocenters. The number of Topliss-reactive ketones (excluding diaryl/α,β-unsaturated/α-hetero) is 2. The van der Waals surface area contributed by atoms with E-state index in [0.717, 1.165) is 17.5 Å². The van der Waals surface area contributed by atoms with Gasteiger partial charge in [0.25, 0.3) is 0 Å². The van der Waals surface area contributed by atoms with Crippen molar-refractivity contribution in [3.63, 3.8) is 0 Å². The first-order valence-corrected chi connectivity index (χ1v) is 21.3. The van der Waals surface area contributed by atoms with Crippen molar-refractivity contribution in [3.05, 3.63) is 54.4 Å². The summed E-state index contributed by atoms with van der Waals surface area (Å²) in [7, 11) is 3.98. The number of hydrogen-bond donors (Lipinski definition) is 1. The standard InChI is InChI=1S/C46H64N4O10/c1-12-36-46(9)34(24-37(51)59-46)28(4)38(52)26(2)25-45(8,60-44(55)49-20-13-15-32-16-18-33(19-17-32)41-47-21-14-22-48-41)40(30(6)39(53)31(7)42(54)57-36)58-43-29(5)35(50(10)11)23-27(3)56-43/h13-19,21-22,26-31,34-36,40,43H,12,20,23-25H2,1-11H3,(H,49,55)/b15-13+/t26-,27-,28?,29-,30?,31-,34?,35+,36-,40-,43+,45-,46+/m1/s1. The van der Waals surface area contributed by atoms with Crippen LogP contribution in [0.1, 0.15) is 93.6 Å². The number of alkyl carbamates (subject to hydrolysis) is 1. The highest BCUT2D eigenvalue weighted by Crippen LogP contribution is 2.45. The van der Waals surface area contributed by atoms with Crippen LogP contribution in [0.5, 0.6) is 0 Å². The summed E-state index contributed by atoms with van der Waals surface area (Å²) in [4.78, 5) is 80.4. The number of esters is 2. The average molecular weight is 833 g/mol. The fraction of sp³-hybridized carbons (Fsp3) is 0.630. The molecule has 5 rings (SSSR count). The Bertz CT molecular complexity index is 1870. The van der Waals surface area contributed by atoms with E-state index in [0.29, 0.717) is 12.2 Å². The van der Waals surface area contributed by atoms with Gasteiger partial charge in [0, 0.05) is 60.1 Å². The van der Waals surface area contributed by atoms with Gasteiger partial charge in [-0.2, -0.15) is 0 Å². The highest BCUT2D eigenvalue weighted by Gasteiger charge is 2.57. The topological polar surface area (TPSA) is 173 Å². The summed E-state index contributed by atoms with van der Waals surface area (Å²) in [6.45, 7) is 15.9. The number of fused-ring (bicyclic) bond motifs is 1. The van der Waals surface area contributed by atoms with Crippen LogP contribution in [-0.4, -0.2) is 107 Å². The van der Waals surface area contributed by atoms with E-state index in [1.54, 1.807) is 66.1 Å². The number of aromatic nitrogens is 2. The van der Waals surface area contributed by atoms with Crippen molar-refractivity contribution < 1.29 is 47.7 Å². The van der Waals surface area contributed by atoms with E-state index in [9.17, 15) is 24.0 Å². The van der Waals surface area contributed by atoms with Gasteiger partial charge >= 0.3 is 18.0 Å². The molecule has 3 aliphatic heterocycles. The SMILES string of the molecule is CC[C@H]1OC(=O)[C@H](C)C(=O)C(C)[C@@H](O[C@@H]2O[C@H](C)C[C@H](N(C)C)[C@H]2C)[C@](C)(OC(=O)NC/C=C/c2ccc(-c3ncccn3)cc2)C[C@@H](C)C(=O)C(C)C2CC(=O)O[C@@]21C. The number of hydrogen-bond acceptors (Lipinski definition) is 13. The van der Waals surface area contributed by atoms with Crippen LogP contribution in [0.25, 0.3) is 17.5 Å². The lowest BCUT2D eigenvalue weighted by molar-refractivity contribution is -0.277. The van der Waals surface area contributed by atoms with Gasteiger partial charge in [0.2, 0.25) is 0 Å². The molecule has 0 saturated carbocycles. The number of nitrogens with zero attached hydrogens (tertiary/aromatic N) is 3. The quantitative estimate of drug-likeness (QED) is 0.166. The van der Waals surface area contributed by atoms with Crippen molar-refractivity contribution in [3.8, 4) is 11.4 Å². The number of amides is 1. The molecular formula is C46H64N4O10. The Morgan fingerprint density at radius 1 is 0.967 bits per heavy atom. The van der Waals surface area contributed by atoms with E-state index in [4.69, 9.17) is 23.7 Å². The Kier molecular flexibility index (Phi) is 15.1. The number of ketones is 2. The Hall–Kier alpha value is -4.53. The van der Waals surface area contributed by atoms with Gasteiger partial charge in [0.1, 0.15) is 35.1 Å². The van der Waals surface area contributed by atoms with Crippen molar-refractivity contribution >= 4 is 35.7 Å². The second-order valence-electron chi connectivity index (χ2n) is 17.7. The smallest absolute Gasteiger partial charge is 0.408 e. The molecule has 60 heavy (non-hydrogen) atoms. The molecule has 2 aromatic rings. The molecule has 0 aliphatic carbocycles. The van der Waals surface area contributed by atoms with Gasteiger partial charge in [-0.15, -0.1) is 0 Å². The second kappa shape index (κ2) is 19.5. The summed E-state index contributed by atoms with van der Waals surface area (Å²) in [5, 5.41) is 2.80. The van der Waals surface area contributed by atoms with Crippen molar-refractivity contribution in [2.24, 2.45) is 35.5 Å². The third-order valence-corrected chi connectivity index (χ3v) is 12.9. The zero-order valence-electron chi connectivity index (χ0n) is 37.0. The number of ether oxygens (including phenoxy) is 5. The van der Waals surface area contributed by atoms with E-state index in [1.807, 2.05) is 58.3 Å². The van der Waals surface area contributed by atoms with Gasteiger partial charge in [-0.25, -0.2) is 14.8 Å². The molecular weight excluding hydrogens is 769 g/mol. The number of benzene rings is 1. The fourth-order valence-electron chi connectivity index (χ4n) is 9.50. The Morgan fingerprint density at radius 3 is 2.27 bits per heavy atom. The Morgan fingerprint density at radius 2 is 1.63 bits per heavy atom. The van der Waals surface area contributed by atoms with Crippen LogP contribution >= 0.6 is 0 Å². The van der Waals surface area contributed by atoms with Gasteiger partial charge in [-0.3, -0.25) is 19.2 Å². The molecule has 14 heteroatoms. The lowest BCUT2D eigenvalue weighted by Crippen LogP contribution is -2.58. The largest absolute Gasteiger partial charge is 0.458 e. The van der Waals surface area contributed by atoms with Gasteiger partial charge in [0.05, 0.1) is 12.5 Å². The monoisotopic (exact) mass is 832 g/mol. The molecule has 1 N–H and O–H groups in total. The first-order valence-electron chi connectivity index (χ1n) is 21.3. The molecule has 1 aromatic carbocycles. The molecule has 4 heterocycles. The van der Waals surface area contributed by atoms with E-state index in [1.165, 1.54) is 6.92 Å². The van der Waals surface area contributed by atoms with Gasteiger partial charge in [-0.05, 0) is 72.7 Å². The molecule has 0 radical (unpaired) electrons. The number of carbonyl (C=O) groups is 5. The number of cyclic esters (lactones) is 1. The van der Waals surface area contributed by atoms with Crippen LogP contribution < -0.4 is 5.32 Å². The van der Waals surface area contributed by atoms with Crippen LogP contribution in [-0.2, 0) is 42.9 Å². The maximum Gasteiger partial charge on any atom is 0.408 e. The Balaban J connectivity index is 1.48. The zero-order valence-corrected chi connectivity index (χ0v) is 37.0. The van der Waals surface area contributed by atoms with Crippen LogP contribution in [0.2, 0.25) is 0 Å². The summed E-state index contributed by atoms with van der Waals surface area (Å²) in [6, 6.07) is 9.49. The highest BCUT2D eigenvalue weighted by molar-refractivity contribution is 6.00. The molecule has 14 nitrogen and oxygen atoms in total. The average Bonchev–Trinajstić information content (AvgIpc) is 3.53. The zero-order chi connectivity index (χ0) is 44.1. The van der Waals surface area contributed by atoms with Crippen LogP contribution in [0.3, 0.4) is 0 Å². The summed E-state index contributed by atoms with van der Waals surface area (Å²) < 4.78 is 31.5. The Labute approximate surface area is 354 Å². The van der Waals surface area contributed by atoms with E-state index >= 15 is 0 Å². The van der Waals surface area contributed by atoms with Crippen LogP contribution in [0.4, 0.5) is 4.79 Å². The molecule has 3 fully saturated rings. The van der Waals surface area contributed by atoms with E-state index in [-0.39, 0.29) is 43.2 Å². The summed E-state index contributed by atoms with van der Waals surface area (Å²) >= 11 is 0. The molecule has 3 saturated heterocycles. The summed E-state index contributed by atoms with van der Waals surface area (Å²) in [5.74, 6) is -5.90. The van der Waals surface area contributed by atoms with E-state index < -0.39 is 83.1 Å². The van der Waals surface area contributed by atoms with Crippen molar-refractivity contribution in [1.29, 1.82) is 0 Å². The minimum absolute atomic E-state index is 0.0404. The van der Waals surface area contributed by atoms with Crippen molar-refractivity contribution in [2.45, 2.75) is 130 Å². The summed E-state index contributed by atoms with van der Waals surface area (Å²) in [6.07, 6.45) is 4.07. The summed E-state index contributed by atoms with van der Waals surface area (Å²) in [5.41, 5.74) is -1.16. The second-order valence-corrected chi connectivity index (χ2v) is 17.7. The number of nitrogens with one attached hydrogen (secondary N) is 1. The molecule has 3 unspecified atom stereocenters. The predicted octanol–water partition coefficient (Wildman–Crippen LogP) is 6.46. The molecule has 0 bridgehead atoms. The minimum atomic E-state index is -1.62. The highest BCUT2D eigenvalue weighted by atomic mass is 16.7. The van der Waals surface area contributed by atoms with Gasteiger partial charge < -0.3 is 33.9 Å². The third-order valence-electron chi connectivity index (χ3n) is 12.9. The predicted molar refractivity (Wildman–Crippen MR) is 224 cm³/mol. The number of carbonyl (C=O) groups excluding carboxylic acids is 5. The lowest BCUT2D eigenvalue weighted by atomic mass is 9.70. The molecule has 0 spiro atoms. The molecule has 1 aromatic heterocycles.